The van der Waals surface area contributed by atoms with Crippen molar-refractivity contribution in [2.45, 2.75) is 19.2 Å². The molecule has 0 aliphatic carbocycles. The maximum atomic E-state index is 5.90. The van der Waals surface area contributed by atoms with Gasteiger partial charge in [0.2, 0.25) is 0 Å². The highest BCUT2D eigenvalue weighted by Gasteiger charge is 2.04. The first-order chi connectivity index (χ1) is 9.22. The van der Waals surface area contributed by atoms with E-state index in [9.17, 15) is 0 Å². The number of alkyl halides is 1. The van der Waals surface area contributed by atoms with E-state index in [0.29, 0.717) is 6.61 Å². The van der Waals surface area contributed by atoms with E-state index in [1.165, 1.54) is 5.56 Å². The van der Waals surface area contributed by atoms with Crippen LogP contribution < -0.4 is 9.47 Å². The summed E-state index contributed by atoms with van der Waals surface area (Å²) >= 11 is 3.49. The van der Waals surface area contributed by atoms with Crippen LogP contribution in [0.2, 0.25) is 0 Å². The SMILES string of the molecule is CCOc1ccc(Oc2ccc(C)cc2CBr)cc1. The fourth-order valence-corrected chi connectivity index (χ4v) is 2.25. The molecule has 2 aromatic carbocycles. The maximum absolute atomic E-state index is 5.90. The minimum Gasteiger partial charge on any atom is -0.494 e. The van der Waals surface area contributed by atoms with Crippen LogP contribution in [0, 0.1) is 6.92 Å². The number of rotatable bonds is 5. The largest absolute Gasteiger partial charge is 0.494 e. The van der Waals surface area contributed by atoms with Crippen LogP contribution in [0.1, 0.15) is 18.1 Å². The average molecular weight is 321 g/mol. The third-order valence-corrected chi connectivity index (χ3v) is 3.33. The van der Waals surface area contributed by atoms with E-state index in [1.54, 1.807) is 0 Å². The molecule has 0 aliphatic heterocycles. The monoisotopic (exact) mass is 320 g/mol. The van der Waals surface area contributed by atoms with Gasteiger partial charge in [-0.2, -0.15) is 0 Å². The van der Waals surface area contributed by atoms with Gasteiger partial charge in [-0.1, -0.05) is 33.6 Å². The molecule has 0 N–H and O–H groups in total. The van der Waals surface area contributed by atoms with Crippen LogP contribution in [0.3, 0.4) is 0 Å². The molecule has 0 aliphatic rings. The minimum atomic E-state index is 0.673. The van der Waals surface area contributed by atoms with E-state index in [2.05, 4.69) is 35.0 Å². The van der Waals surface area contributed by atoms with Crippen LogP contribution in [0.4, 0.5) is 0 Å². The van der Waals surface area contributed by atoms with Crippen molar-refractivity contribution in [2.24, 2.45) is 0 Å². The smallest absolute Gasteiger partial charge is 0.131 e. The lowest BCUT2D eigenvalue weighted by Crippen LogP contribution is -1.92. The maximum Gasteiger partial charge on any atom is 0.131 e. The molecule has 0 heterocycles. The molecule has 0 unspecified atom stereocenters. The van der Waals surface area contributed by atoms with Crippen LogP contribution in [0.5, 0.6) is 17.2 Å². The molecule has 2 nitrogen and oxygen atoms in total. The minimum absolute atomic E-state index is 0.673. The molecule has 0 radical (unpaired) electrons. The first-order valence-electron chi connectivity index (χ1n) is 6.29. The third-order valence-electron chi connectivity index (χ3n) is 2.72. The molecule has 19 heavy (non-hydrogen) atoms. The van der Waals surface area contributed by atoms with Gasteiger partial charge in [0.05, 0.1) is 6.61 Å². The van der Waals surface area contributed by atoms with Gasteiger partial charge in [-0.05, 0) is 44.2 Å². The lowest BCUT2D eigenvalue weighted by atomic mass is 10.1. The van der Waals surface area contributed by atoms with Crippen molar-refractivity contribution in [3.8, 4) is 17.2 Å². The van der Waals surface area contributed by atoms with Gasteiger partial charge in [-0.3, -0.25) is 0 Å². The van der Waals surface area contributed by atoms with Crippen LogP contribution in [0.15, 0.2) is 42.5 Å². The van der Waals surface area contributed by atoms with E-state index in [4.69, 9.17) is 9.47 Å². The Balaban J connectivity index is 2.16. The summed E-state index contributed by atoms with van der Waals surface area (Å²) in [5.74, 6) is 2.56. The number of ether oxygens (including phenoxy) is 2. The van der Waals surface area contributed by atoms with Crippen LogP contribution in [-0.2, 0) is 5.33 Å². The zero-order chi connectivity index (χ0) is 13.7. The first kappa shape index (κ1) is 13.9. The van der Waals surface area contributed by atoms with E-state index in [1.807, 2.05) is 37.3 Å². The quantitative estimate of drug-likeness (QED) is 0.715. The van der Waals surface area contributed by atoms with Crippen molar-refractivity contribution >= 4 is 15.9 Å². The number of benzene rings is 2. The predicted octanol–water partition coefficient (Wildman–Crippen LogP) is 5.08. The second-order valence-corrected chi connectivity index (χ2v) is 4.81. The summed E-state index contributed by atoms with van der Waals surface area (Å²) in [5.41, 5.74) is 2.38. The summed E-state index contributed by atoms with van der Waals surface area (Å²) in [6, 6.07) is 13.9. The van der Waals surface area contributed by atoms with Crippen LogP contribution >= 0.6 is 15.9 Å². The fourth-order valence-electron chi connectivity index (χ4n) is 1.81. The number of hydrogen-bond donors (Lipinski definition) is 0. The highest BCUT2D eigenvalue weighted by Crippen LogP contribution is 2.28. The Morgan fingerprint density at radius 3 is 2.32 bits per heavy atom. The zero-order valence-electron chi connectivity index (χ0n) is 11.2. The molecule has 0 atom stereocenters. The molecule has 0 amide bonds. The summed E-state index contributed by atoms with van der Waals surface area (Å²) < 4.78 is 11.3. The normalized spacial score (nSPS) is 10.3. The van der Waals surface area contributed by atoms with Gasteiger partial charge in [-0.15, -0.1) is 0 Å². The number of halogens is 1. The van der Waals surface area contributed by atoms with Gasteiger partial charge in [0.1, 0.15) is 17.2 Å². The Bertz CT molecular complexity index is 535. The standard InChI is InChI=1S/C16H17BrO2/c1-3-18-14-5-7-15(8-6-14)19-16-9-4-12(2)10-13(16)11-17/h4-10H,3,11H2,1-2H3. The Morgan fingerprint density at radius 1 is 1.00 bits per heavy atom. The van der Waals surface area contributed by atoms with Crippen molar-refractivity contribution in [2.75, 3.05) is 6.61 Å². The summed E-state index contributed by atoms with van der Waals surface area (Å²) in [5, 5.41) is 0.779. The average Bonchev–Trinajstić information content (AvgIpc) is 2.43. The molecule has 0 saturated carbocycles. The van der Waals surface area contributed by atoms with E-state index < -0.39 is 0 Å². The van der Waals surface area contributed by atoms with Gasteiger partial charge in [0.15, 0.2) is 0 Å². The number of hydrogen-bond acceptors (Lipinski definition) is 2. The van der Waals surface area contributed by atoms with E-state index in [-0.39, 0.29) is 0 Å². The molecule has 100 valence electrons. The van der Waals surface area contributed by atoms with Crippen molar-refractivity contribution in [1.29, 1.82) is 0 Å². The Morgan fingerprint density at radius 2 is 1.68 bits per heavy atom. The van der Waals surface area contributed by atoms with E-state index in [0.717, 1.165) is 28.1 Å². The third kappa shape index (κ3) is 3.74. The molecule has 0 aromatic heterocycles. The van der Waals surface area contributed by atoms with E-state index >= 15 is 0 Å². The predicted molar refractivity (Wildman–Crippen MR) is 81.5 cm³/mol. The van der Waals surface area contributed by atoms with Gasteiger partial charge in [0, 0.05) is 10.9 Å². The molecule has 2 aromatic rings. The molecule has 0 saturated heterocycles. The van der Waals surface area contributed by atoms with Crippen molar-refractivity contribution < 1.29 is 9.47 Å². The lowest BCUT2D eigenvalue weighted by molar-refractivity contribution is 0.339. The number of aryl methyl sites for hydroxylation is 1. The zero-order valence-corrected chi connectivity index (χ0v) is 12.7. The summed E-state index contributed by atoms with van der Waals surface area (Å²) in [4.78, 5) is 0. The van der Waals surface area contributed by atoms with Gasteiger partial charge in [0.25, 0.3) is 0 Å². The second kappa shape index (κ2) is 6.62. The Labute approximate surface area is 122 Å². The topological polar surface area (TPSA) is 18.5 Å². The molecule has 0 bridgehead atoms. The van der Waals surface area contributed by atoms with Crippen LogP contribution in [-0.4, -0.2) is 6.61 Å². The Kier molecular flexibility index (Phi) is 4.86. The second-order valence-electron chi connectivity index (χ2n) is 4.25. The molecule has 2 rings (SSSR count). The molecular weight excluding hydrogens is 304 g/mol. The summed E-state index contributed by atoms with van der Waals surface area (Å²) in [6.45, 7) is 4.72. The lowest BCUT2D eigenvalue weighted by Gasteiger charge is -2.11. The highest BCUT2D eigenvalue weighted by atomic mass is 79.9. The van der Waals surface area contributed by atoms with Crippen LogP contribution in [0.25, 0.3) is 0 Å². The van der Waals surface area contributed by atoms with Crippen molar-refractivity contribution in [1.82, 2.24) is 0 Å². The molecule has 0 fully saturated rings. The van der Waals surface area contributed by atoms with Gasteiger partial charge in [-0.25, -0.2) is 0 Å². The molecule has 3 heteroatoms. The fraction of sp³-hybridized carbons (Fsp3) is 0.250. The molecular formula is C16H17BrO2. The molecule has 0 spiro atoms. The van der Waals surface area contributed by atoms with Gasteiger partial charge >= 0.3 is 0 Å². The van der Waals surface area contributed by atoms with Crippen molar-refractivity contribution in [3.63, 3.8) is 0 Å². The van der Waals surface area contributed by atoms with Crippen molar-refractivity contribution in [3.05, 3.63) is 53.6 Å². The first-order valence-corrected chi connectivity index (χ1v) is 7.41. The van der Waals surface area contributed by atoms with Gasteiger partial charge < -0.3 is 9.47 Å². The Hall–Kier alpha value is -1.48. The highest BCUT2D eigenvalue weighted by molar-refractivity contribution is 9.08. The summed E-state index contributed by atoms with van der Waals surface area (Å²) in [7, 11) is 0. The summed E-state index contributed by atoms with van der Waals surface area (Å²) in [6.07, 6.45) is 0.